The number of hydrogen-bond donors (Lipinski definition) is 0. The Bertz CT molecular complexity index is 363. The van der Waals surface area contributed by atoms with Crippen molar-refractivity contribution in [1.82, 2.24) is 0 Å². The third-order valence-corrected chi connectivity index (χ3v) is 2.83. The fourth-order valence-corrected chi connectivity index (χ4v) is 2.01. The minimum atomic E-state index is 0.0616. The van der Waals surface area contributed by atoms with Crippen molar-refractivity contribution in [2.75, 3.05) is 0 Å². The van der Waals surface area contributed by atoms with E-state index >= 15 is 0 Å². The highest BCUT2D eigenvalue weighted by Crippen LogP contribution is 2.29. The van der Waals surface area contributed by atoms with E-state index in [-0.39, 0.29) is 5.91 Å². The van der Waals surface area contributed by atoms with Crippen LogP contribution in [0.25, 0.3) is 0 Å². The summed E-state index contributed by atoms with van der Waals surface area (Å²) < 4.78 is 1.45. The first-order valence-electron chi connectivity index (χ1n) is 5.18. The maximum absolute atomic E-state index is 11.9. The van der Waals surface area contributed by atoms with Crippen LogP contribution in [-0.4, -0.2) is 23.0 Å². The molecule has 0 saturated carbocycles. The number of nitrogens with zero attached hydrogens (tertiary/aromatic N) is 2. The molecule has 0 spiro atoms. The number of hydrogen-bond acceptors (Lipinski definition) is 2. The predicted octanol–water partition coefficient (Wildman–Crippen LogP) is 1.88. The van der Waals surface area contributed by atoms with Gasteiger partial charge in [-0.1, -0.05) is 6.92 Å². The molecule has 0 aromatic heterocycles. The van der Waals surface area contributed by atoms with E-state index in [9.17, 15) is 4.79 Å². The van der Waals surface area contributed by atoms with Crippen molar-refractivity contribution in [1.29, 1.82) is 0 Å². The predicted molar refractivity (Wildman–Crippen MR) is 55.6 cm³/mol. The molecule has 0 N–H and O–H groups in total. The second-order valence-corrected chi connectivity index (χ2v) is 3.75. The first-order chi connectivity index (χ1) is 6.74. The summed E-state index contributed by atoms with van der Waals surface area (Å²) in [4.78, 5) is 16.3. The van der Waals surface area contributed by atoms with Gasteiger partial charge in [-0.3, -0.25) is 0 Å². The lowest BCUT2D eigenvalue weighted by Crippen LogP contribution is -2.32. The quantitative estimate of drug-likeness (QED) is 0.582. The van der Waals surface area contributed by atoms with Crippen LogP contribution in [0.5, 0.6) is 0 Å². The Morgan fingerprint density at radius 2 is 2.14 bits per heavy atom. The van der Waals surface area contributed by atoms with E-state index in [0.29, 0.717) is 0 Å². The van der Waals surface area contributed by atoms with E-state index < -0.39 is 0 Å². The van der Waals surface area contributed by atoms with E-state index in [1.807, 2.05) is 6.92 Å². The molecule has 0 atom stereocenters. The summed E-state index contributed by atoms with van der Waals surface area (Å²) in [6.45, 7) is 5.74. The summed E-state index contributed by atoms with van der Waals surface area (Å²) in [5.74, 6) is 0.863. The van der Waals surface area contributed by atoms with Crippen molar-refractivity contribution in [2.45, 2.75) is 39.0 Å². The van der Waals surface area contributed by atoms with Gasteiger partial charge in [0.05, 0.1) is 18.7 Å². The molecule has 1 heterocycles. The normalized spacial score (nSPS) is 22.2. The number of allylic oxidation sites excluding steroid dienone is 1. The SMILES string of the molecule is C=[N+]1C(=O)C2=C(CCCC2)N=C1CC. The van der Waals surface area contributed by atoms with Crippen molar-refractivity contribution in [2.24, 2.45) is 4.99 Å². The molecule has 0 fully saturated rings. The maximum Gasteiger partial charge on any atom is 0.345 e. The monoisotopic (exact) mass is 191 g/mol. The molecule has 0 bridgehead atoms. The van der Waals surface area contributed by atoms with Gasteiger partial charge in [-0.15, -0.1) is 0 Å². The van der Waals surface area contributed by atoms with Gasteiger partial charge in [0.2, 0.25) is 0 Å². The molecule has 1 aliphatic heterocycles. The van der Waals surface area contributed by atoms with Gasteiger partial charge in [-0.2, -0.15) is 4.58 Å². The van der Waals surface area contributed by atoms with Crippen LogP contribution < -0.4 is 0 Å². The summed E-state index contributed by atoms with van der Waals surface area (Å²) >= 11 is 0. The average molecular weight is 191 g/mol. The summed E-state index contributed by atoms with van der Waals surface area (Å²) in [6, 6.07) is 0. The van der Waals surface area contributed by atoms with Gasteiger partial charge < -0.3 is 0 Å². The Hall–Kier alpha value is -1.25. The van der Waals surface area contributed by atoms with Crippen molar-refractivity contribution < 1.29 is 9.37 Å². The van der Waals surface area contributed by atoms with E-state index in [2.05, 4.69) is 11.7 Å². The molecular weight excluding hydrogens is 176 g/mol. The first kappa shape index (κ1) is 9.31. The van der Waals surface area contributed by atoms with E-state index in [4.69, 9.17) is 0 Å². The Morgan fingerprint density at radius 3 is 2.86 bits per heavy atom. The lowest BCUT2D eigenvalue weighted by molar-refractivity contribution is -0.330. The third kappa shape index (κ3) is 1.33. The lowest BCUT2D eigenvalue weighted by atomic mass is 9.94. The van der Waals surface area contributed by atoms with Gasteiger partial charge in [0.15, 0.2) is 5.70 Å². The maximum atomic E-state index is 11.9. The molecule has 74 valence electrons. The Morgan fingerprint density at radius 1 is 1.43 bits per heavy atom. The molecule has 0 radical (unpaired) electrons. The van der Waals surface area contributed by atoms with Crippen LogP contribution in [0.3, 0.4) is 0 Å². The van der Waals surface area contributed by atoms with Gasteiger partial charge in [0.1, 0.15) is 0 Å². The Labute approximate surface area is 83.8 Å². The van der Waals surface area contributed by atoms with E-state index in [1.54, 1.807) is 0 Å². The van der Waals surface area contributed by atoms with Crippen molar-refractivity contribution in [3.8, 4) is 0 Å². The molecule has 0 unspecified atom stereocenters. The molecule has 0 aromatic carbocycles. The van der Waals surface area contributed by atoms with Crippen LogP contribution in [0.4, 0.5) is 0 Å². The molecule has 1 amide bonds. The number of carbonyl (C=O) groups is 1. The number of amides is 1. The lowest BCUT2D eigenvalue weighted by Gasteiger charge is -2.16. The van der Waals surface area contributed by atoms with Gasteiger partial charge in [-0.05, 0) is 24.3 Å². The highest BCUT2D eigenvalue weighted by Gasteiger charge is 2.34. The van der Waals surface area contributed by atoms with Gasteiger partial charge in [0, 0.05) is 6.42 Å². The fourth-order valence-electron chi connectivity index (χ4n) is 2.01. The fraction of sp³-hybridized carbons (Fsp3) is 0.545. The second kappa shape index (κ2) is 3.48. The van der Waals surface area contributed by atoms with Gasteiger partial charge in [0.25, 0.3) is 0 Å². The van der Waals surface area contributed by atoms with Gasteiger partial charge in [-0.25, -0.2) is 4.79 Å². The molecule has 14 heavy (non-hydrogen) atoms. The van der Waals surface area contributed by atoms with Gasteiger partial charge >= 0.3 is 11.7 Å². The zero-order valence-electron chi connectivity index (χ0n) is 8.55. The number of carbonyl (C=O) groups excluding carboxylic acids is 1. The van der Waals surface area contributed by atoms with Crippen LogP contribution in [0.2, 0.25) is 0 Å². The molecule has 0 saturated heterocycles. The summed E-state index contributed by atoms with van der Waals surface area (Å²) in [7, 11) is 0. The average Bonchev–Trinajstić information content (AvgIpc) is 2.23. The Kier molecular flexibility index (Phi) is 2.32. The molecule has 3 nitrogen and oxygen atoms in total. The number of amidine groups is 1. The number of aliphatic imine (C=N–C) groups is 1. The molecular formula is C11H15N2O+. The number of rotatable bonds is 1. The molecule has 1 aliphatic carbocycles. The van der Waals surface area contributed by atoms with Crippen molar-refractivity contribution in [3.05, 3.63) is 11.3 Å². The minimum absolute atomic E-state index is 0.0616. The highest BCUT2D eigenvalue weighted by molar-refractivity contribution is 5.99. The van der Waals surface area contributed by atoms with Crippen LogP contribution in [-0.2, 0) is 4.79 Å². The van der Waals surface area contributed by atoms with Crippen LogP contribution in [0.1, 0.15) is 39.0 Å². The highest BCUT2D eigenvalue weighted by atomic mass is 16.2. The van der Waals surface area contributed by atoms with Crippen LogP contribution >= 0.6 is 0 Å². The summed E-state index contributed by atoms with van der Waals surface area (Å²) in [5, 5.41) is 0. The molecule has 3 heteroatoms. The van der Waals surface area contributed by atoms with E-state index in [1.165, 1.54) is 4.58 Å². The van der Waals surface area contributed by atoms with Crippen LogP contribution in [0.15, 0.2) is 16.3 Å². The topological polar surface area (TPSA) is 32.4 Å². The summed E-state index contributed by atoms with van der Waals surface area (Å²) in [6.07, 6.45) is 4.87. The summed E-state index contributed by atoms with van der Waals surface area (Å²) in [5.41, 5.74) is 1.90. The molecule has 0 aromatic rings. The smallest absolute Gasteiger partial charge is 0.241 e. The zero-order chi connectivity index (χ0) is 10.1. The standard InChI is InChI=1S/C11H15N2O/c1-3-10-12-9-7-5-4-6-8(9)11(14)13(10)2/h2-7H2,1H3/q+1. The third-order valence-electron chi connectivity index (χ3n) is 2.83. The largest absolute Gasteiger partial charge is 0.345 e. The van der Waals surface area contributed by atoms with E-state index in [0.717, 1.165) is 49.2 Å². The van der Waals surface area contributed by atoms with Crippen LogP contribution in [0, 0.1) is 0 Å². The first-order valence-corrected chi connectivity index (χ1v) is 5.18. The molecule has 2 aliphatic rings. The minimum Gasteiger partial charge on any atom is -0.241 e. The van der Waals surface area contributed by atoms with Crippen molar-refractivity contribution >= 4 is 18.5 Å². The second-order valence-electron chi connectivity index (χ2n) is 3.75. The zero-order valence-corrected chi connectivity index (χ0v) is 8.55. The molecule has 2 rings (SSSR count). The van der Waals surface area contributed by atoms with Crippen molar-refractivity contribution in [3.63, 3.8) is 0 Å². The Balaban J connectivity index is 2.44.